The minimum atomic E-state index is -0.209. The number of benzene rings is 1. The molecule has 0 radical (unpaired) electrons. The first-order valence-corrected chi connectivity index (χ1v) is 9.14. The van der Waals surface area contributed by atoms with Crippen molar-refractivity contribution in [3.05, 3.63) is 30.1 Å². The molecule has 138 valence electrons. The maximum Gasteiger partial charge on any atom is 0.239 e. The van der Waals surface area contributed by atoms with Gasteiger partial charge in [0.15, 0.2) is 0 Å². The minimum Gasteiger partial charge on any atom is -0.381 e. The molecule has 0 aromatic heterocycles. The van der Waals surface area contributed by atoms with Crippen LogP contribution in [0.5, 0.6) is 0 Å². The van der Waals surface area contributed by atoms with Gasteiger partial charge in [-0.15, -0.1) is 0 Å². The third-order valence-corrected chi connectivity index (χ3v) is 5.50. The molecule has 0 bridgehead atoms. The van der Waals surface area contributed by atoms with Crippen molar-refractivity contribution < 1.29 is 13.9 Å². The van der Waals surface area contributed by atoms with Crippen molar-refractivity contribution in [2.45, 2.75) is 31.9 Å². The Morgan fingerprint density at radius 2 is 1.68 bits per heavy atom. The molecule has 3 rings (SSSR count). The van der Waals surface area contributed by atoms with E-state index in [1.165, 1.54) is 12.1 Å². The van der Waals surface area contributed by atoms with E-state index in [0.29, 0.717) is 6.10 Å². The number of halogens is 1. The molecule has 1 aromatic carbocycles. The van der Waals surface area contributed by atoms with Crippen LogP contribution >= 0.6 is 0 Å². The number of nitrogens with zero attached hydrogens (tertiary/aromatic N) is 3. The first-order chi connectivity index (χ1) is 12.1. The summed E-state index contributed by atoms with van der Waals surface area (Å²) in [5, 5.41) is 0. The van der Waals surface area contributed by atoms with E-state index in [1.54, 1.807) is 7.11 Å². The highest BCUT2D eigenvalue weighted by atomic mass is 19.1. The van der Waals surface area contributed by atoms with Crippen molar-refractivity contribution in [3.8, 4) is 0 Å². The molecule has 5 nitrogen and oxygen atoms in total. The van der Waals surface area contributed by atoms with E-state index < -0.39 is 0 Å². The molecule has 1 aromatic rings. The van der Waals surface area contributed by atoms with Crippen LogP contribution in [0.3, 0.4) is 0 Å². The Morgan fingerprint density at radius 1 is 1.08 bits per heavy atom. The summed E-state index contributed by atoms with van der Waals surface area (Å²) in [6, 6.07) is 6.54. The lowest BCUT2D eigenvalue weighted by molar-refractivity contribution is -0.138. The molecule has 2 aliphatic heterocycles. The quantitative estimate of drug-likeness (QED) is 0.833. The highest BCUT2D eigenvalue weighted by Gasteiger charge is 2.30. The second-order valence-electron chi connectivity index (χ2n) is 6.94. The average molecular weight is 349 g/mol. The molecule has 1 atom stereocenters. The van der Waals surface area contributed by atoms with Crippen LogP contribution in [0.2, 0.25) is 0 Å². The van der Waals surface area contributed by atoms with Crippen molar-refractivity contribution in [3.63, 3.8) is 0 Å². The third-order valence-electron chi connectivity index (χ3n) is 5.50. The van der Waals surface area contributed by atoms with Gasteiger partial charge >= 0.3 is 0 Å². The van der Waals surface area contributed by atoms with Gasteiger partial charge in [-0.05, 0) is 44.0 Å². The van der Waals surface area contributed by atoms with Crippen LogP contribution in [-0.2, 0) is 9.53 Å². The SMILES string of the molecule is COC1CCN(C(=O)C(C)N2CCN(c3ccc(F)cc3)CC2)CC1. The Bertz CT molecular complexity index is 565. The second-order valence-corrected chi connectivity index (χ2v) is 6.94. The lowest BCUT2D eigenvalue weighted by Gasteiger charge is -2.41. The summed E-state index contributed by atoms with van der Waals surface area (Å²) in [6.07, 6.45) is 2.14. The Morgan fingerprint density at radius 3 is 2.24 bits per heavy atom. The lowest BCUT2D eigenvalue weighted by Crippen LogP contribution is -2.55. The highest BCUT2D eigenvalue weighted by molar-refractivity contribution is 5.81. The monoisotopic (exact) mass is 349 g/mol. The summed E-state index contributed by atoms with van der Waals surface area (Å²) >= 11 is 0. The van der Waals surface area contributed by atoms with Crippen molar-refractivity contribution >= 4 is 11.6 Å². The number of piperidine rings is 1. The van der Waals surface area contributed by atoms with Crippen LogP contribution in [0.4, 0.5) is 10.1 Å². The molecule has 0 saturated carbocycles. The highest BCUT2D eigenvalue weighted by Crippen LogP contribution is 2.19. The van der Waals surface area contributed by atoms with Crippen LogP contribution in [0.1, 0.15) is 19.8 Å². The number of methoxy groups -OCH3 is 1. The molecular weight excluding hydrogens is 321 g/mol. The molecule has 2 fully saturated rings. The van der Waals surface area contributed by atoms with Gasteiger partial charge in [-0.25, -0.2) is 4.39 Å². The fourth-order valence-electron chi connectivity index (χ4n) is 3.75. The normalized spacial score (nSPS) is 21.4. The molecule has 0 spiro atoms. The molecule has 1 amide bonds. The number of ether oxygens (including phenoxy) is 1. The van der Waals surface area contributed by atoms with Gasteiger partial charge < -0.3 is 14.5 Å². The van der Waals surface area contributed by atoms with E-state index in [4.69, 9.17) is 4.74 Å². The Kier molecular flexibility index (Phi) is 5.91. The zero-order valence-electron chi connectivity index (χ0n) is 15.2. The number of carbonyl (C=O) groups excluding carboxylic acids is 1. The van der Waals surface area contributed by atoms with Crippen LogP contribution in [0, 0.1) is 5.82 Å². The molecule has 25 heavy (non-hydrogen) atoms. The third kappa shape index (κ3) is 4.30. The molecule has 1 unspecified atom stereocenters. The Labute approximate surface area is 149 Å². The van der Waals surface area contributed by atoms with Crippen molar-refractivity contribution in [2.24, 2.45) is 0 Å². The Hall–Kier alpha value is -1.66. The summed E-state index contributed by atoms with van der Waals surface area (Å²) < 4.78 is 18.4. The standard InChI is InChI=1S/C19H28FN3O2/c1-15(19(24)23-9-7-18(25-2)8-10-23)21-11-13-22(14-12-21)17-5-3-16(20)4-6-17/h3-6,15,18H,7-14H2,1-2H3. The van der Waals surface area contributed by atoms with Crippen LogP contribution in [0.15, 0.2) is 24.3 Å². The van der Waals surface area contributed by atoms with Crippen LogP contribution in [0.25, 0.3) is 0 Å². The van der Waals surface area contributed by atoms with Crippen LogP contribution in [-0.4, -0.2) is 74.2 Å². The largest absolute Gasteiger partial charge is 0.381 e. The van der Waals surface area contributed by atoms with Gasteiger partial charge in [-0.3, -0.25) is 9.69 Å². The first kappa shape index (κ1) is 18.1. The van der Waals surface area contributed by atoms with Gasteiger partial charge in [0.2, 0.25) is 5.91 Å². The molecule has 0 N–H and O–H groups in total. The predicted octanol–water partition coefficient (Wildman–Crippen LogP) is 1.97. The maximum absolute atomic E-state index is 13.1. The second kappa shape index (κ2) is 8.15. The lowest BCUT2D eigenvalue weighted by atomic mass is 10.1. The van der Waals surface area contributed by atoms with E-state index in [-0.39, 0.29) is 17.8 Å². The zero-order chi connectivity index (χ0) is 17.8. The summed E-state index contributed by atoms with van der Waals surface area (Å²) in [5.74, 6) is 0.0173. The molecule has 0 aliphatic carbocycles. The number of rotatable bonds is 4. The zero-order valence-corrected chi connectivity index (χ0v) is 15.2. The number of hydrogen-bond donors (Lipinski definition) is 0. The number of likely N-dealkylation sites (tertiary alicyclic amines) is 1. The molecule has 2 saturated heterocycles. The van der Waals surface area contributed by atoms with Crippen LogP contribution < -0.4 is 4.90 Å². The van der Waals surface area contributed by atoms with E-state index >= 15 is 0 Å². The summed E-state index contributed by atoms with van der Waals surface area (Å²) in [6.45, 7) is 6.99. The van der Waals surface area contributed by atoms with Crippen molar-refractivity contribution in [2.75, 3.05) is 51.3 Å². The summed E-state index contributed by atoms with van der Waals surface area (Å²) in [5.41, 5.74) is 1.04. The minimum absolute atomic E-state index is 0.0885. The molecule has 2 aliphatic rings. The molecule has 6 heteroatoms. The fraction of sp³-hybridized carbons (Fsp3) is 0.632. The fourth-order valence-corrected chi connectivity index (χ4v) is 3.75. The predicted molar refractivity (Wildman–Crippen MR) is 96.3 cm³/mol. The smallest absolute Gasteiger partial charge is 0.239 e. The van der Waals surface area contributed by atoms with Gasteiger partial charge in [0.25, 0.3) is 0 Å². The van der Waals surface area contributed by atoms with E-state index in [0.717, 1.165) is 57.8 Å². The summed E-state index contributed by atoms with van der Waals surface area (Å²) in [4.78, 5) is 19.3. The van der Waals surface area contributed by atoms with Gasteiger partial charge in [0, 0.05) is 52.1 Å². The van der Waals surface area contributed by atoms with Gasteiger partial charge in [0.1, 0.15) is 5.82 Å². The van der Waals surface area contributed by atoms with E-state index in [1.807, 2.05) is 24.0 Å². The molecule has 2 heterocycles. The van der Waals surface area contributed by atoms with Crippen molar-refractivity contribution in [1.82, 2.24) is 9.80 Å². The number of carbonyl (C=O) groups is 1. The average Bonchev–Trinajstić information content (AvgIpc) is 2.67. The topological polar surface area (TPSA) is 36.0 Å². The number of amides is 1. The van der Waals surface area contributed by atoms with E-state index in [2.05, 4.69) is 9.80 Å². The van der Waals surface area contributed by atoms with E-state index in [9.17, 15) is 9.18 Å². The maximum atomic E-state index is 13.1. The van der Waals surface area contributed by atoms with Gasteiger partial charge in [-0.1, -0.05) is 0 Å². The number of piperazine rings is 1. The summed E-state index contributed by atoms with van der Waals surface area (Å²) in [7, 11) is 1.74. The molecular formula is C19H28FN3O2. The Balaban J connectivity index is 1.50. The number of hydrogen-bond acceptors (Lipinski definition) is 4. The first-order valence-electron chi connectivity index (χ1n) is 9.14. The van der Waals surface area contributed by atoms with Gasteiger partial charge in [-0.2, -0.15) is 0 Å². The van der Waals surface area contributed by atoms with Gasteiger partial charge in [0.05, 0.1) is 12.1 Å². The van der Waals surface area contributed by atoms with Crippen molar-refractivity contribution in [1.29, 1.82) is 0 Å². The number of anilines is 1.